The number of carbonyl (C=O) groups excluding carboxylic acids is 1. The van der Waals surface area contributed by atoms with Crippen LogP contribution in [-0.4, -0.2) is 78.9 Å². The number of ether oxygens (including phenoxy) is 3. The van der Waals surface area contributed by atoms with E-state index >= 15 is 0 Å². The molecule has 1 saturated heterocycles. The van der Waals surface area contributed by atoms with Crippen molar-refractivity contribution in [1.82, 2.24) is 10.2 Å². The molecule has 0 aliphatic carbocycles. The molecule has 0 spiro atoms. The zero-order valence-electron chi connectivity index (χ0n) is 19.7. The summed E-state index contributed by atoms with van der Waals surface area (Å²) < 4.78 is 43.3. The third-order valence-corrected chi connectivity index (χ3v) is 7.24. The maximum Gasteiger partial charge on any atom is 0.264 e. The monoisotopic (exact) mass is 491 g/mol. The Morgan fingerprint density at radius 3 is 2.29 bits per heavy atom. The van der Waals surface area contributed by atoms with Crippen LogP contribution < -0.4 is 19.1 Å². The van der Waals surface area contributed by atoms with E-state index in [1.807, 2.05) is 6.92 Å². The fourth-order valence-corrected chi connectivity index (χ4v) is 4.67. The van der Waals surface area contributed by atoms with Crippen LogP contribution in [0.1, 0.15) is 13.3 Å². The van der Waals surface area contributed by atoms with E-state index in [0.717, 1.165) is 39.3 Å². The Morgan fingerprint density at radius 2 is 1.65 bits per heavy atom. The molecule has 1 fully saturated rings. The number of rotatable bonds is 12. The molecule has 186 valence electrons. The molecule has 1 aliphatic heterocycles. The number of benzene rings is 2. The molecule has 0 saturated carbocycles. The summed E-state index contributed by atoms with van der Waals surface area (Å²) in [7, 11) is -2.23. The quantitative estimate of drug-likeness (QED) is 0.454. The normalized spacial score (nSPS) is 14.4. The molecule has 2 aromatic carbocycles. The van der Waals surface area contributed by atoms with Gasteiger partial charge in [0.05, 0.1) is 30.4 Å². The molecule has 0 radical (unpaired) electrons. The average Bonchev–Trinajstić information content (AvgIpc) is 2.86. The molecule has 0 aromatic heterocycles. The number of nitrogens with zero attached hydrogens (tertiary/aromatic N) is 2. The molecule has 1 amide bonds. The maximum atomic E-state index is 12.9. The fraction of sp³-hybridized carbons (Fsp3) is 0.458. The summed E-state index contributed by atoms with van der Waals surface area (Å²) in [4.78, 5) is 14.5. The van der Waals surface area contributed by atoms with Gasteiger partial charge in [-0.05, 0) is 68.4 Å². The molecule has 0 atom stereocenters. The van der Waals surface area contributed by atoms with E-state index < -0.39 is 10.0 Å². The highest BCUT2D eigenvalue weighted by molar-refractivity contribution is 7.92. The Morgan fingerprint density at radius 1 is 1.03 bits per heavy atom. The average molecular weight is 492 g/mol. The summed E-state index contributed by atoms with van der Waals surface area (Å²) >= 11 is 0. The van der Waals surface area contributed by atoms with Crippen molar-refractivity contribution in [2.75, 3.05) is 64.0 Å². The highest BCUT2D eigenvalue weighted by Gasteiger charge is 2.21. The van der Waals surface area contributed by atoms with Gasteiger partial charge in [0, 0.05) is 26.7 Å². The van der Waals surface area contributed by atoms with E-state index in [2.05, 4.69) is 10.2 Å². The maximum absolute atomic E-state index is 12.9. The van der Waals surface area contributed by atoms with Crippen LogP contribution in [0.25, 0.3) is 0 Å². The van der Waals surface area contributed by atoms with Crippen LogP contribution in [0.5, 0.6) is 11.5 Å². The van der Waals surface area contributed by atoms with E-state index in [1.165, 1.54) is 23.5 Å². The number of nitrogens with one attached hydrogen (secondary N) is 1. The molecular weight excluding hydrogens is 458 g/mol. The SMILES string of the molecule is CCOc1ccc(S(=O)(=O)N(C)c2ccc(OCC(=O)NCCCN3CCOCC3)cc2)cc1. The smallest absolute Gasteiger partial charge is 0.264 e. The summed E-state index contributed by atoms with van der Waals surface area (Å²) in [6.07, 6.45) is 0.871. The number of hydrogen-bond acceptors (Lipinski definition) is 7. The molecule has 2 aromatic rings. The lowest BCUT2D eigenvalue weighted by molar-refractivity contribution is -0.123. The van der Waals surface area contributed by atoms with Gasteiger partial charge in [-0.25, -0.2) is 8.42 Å². The lowest BCUT2D eigenvalue weighted by Crippen LogP contribution is -2.38. The van der Waals surface area contributed by atoms with Gasteiger partial charge in [0.25, 0.3) is 15.9 Å². The van der Waals surface area contributed by atoms with Gasteiger partial charge >= 0.3 is 0 Å². The molecule has 3 rings (SSSR count). The molecule has 10 heteroatoms. The standard InChI is InChI=1S/C24H33N3O6S/c1-3-32-21-9-11-23(12-10-21)34(29,30)26(2)20-5-7-22(8-6-20)33-19-24(28)25-13-4-14-27-15-17-31-18-16-27/h5-12H,3-4,13-19H2,1-2H3,(H,25,28). The van der Waals surface area contributed by atoms with E-state index in [0.29, 0.717) is 30.3 Å². The number of sulfonamides is 1. The van der Waals surface area contributed by atoms with E-state index in [-0.39, 0.29) is 17.4 Å². The van der Waals surface area contributed by atoms with Crippen molar-refractivity contribution in [3.8, 4) is 11.5 Å². The summed E-state index contributed by atoms with van der Waals surface area (Å²) in [5, 5.41) is 2.85. The first kappa shape index (κ1) is 25.8. The zero-order valence-corrected chi connectivity index (χ0v) is 20.6. The number of morpholine rings is 1. The van der Waals surface area contributed by atoms with Gasteiger partial charge in [0.2, 0.25) is 0 Å². The van der Waals surface area contributed by atoms with E-state index in [9.17, 15) is 13.2 Å². The van der Waals surface area contributed by atoms with Crippen molar-refractivity contribution in [2.45, 2.75) is 18.2 Å². The number of carbonyl (C=O) groups is 1. The Balaban J connectivity index is 1.44. The molecule has 9 nitrogen and oxygen atoms in total. The molecular formula is C24H33N3O6S. The Bertz CT molecular complexity index is 1010. The predicted molar refractivity (Wildman–Crippen MR) is 130 cm³/mol. The van der Waals surface area contributed by atoms with Crippen molar-refractivity contribution in [2.24, 2.45) is 0 Å². The first-order valence-corrected chi connectivity index (χ1v) is 12.9. The van der Waals surface area contributed by atoms with Crippen LogP contribution >= 0.6 is 0 Å². The topological polar surface area (TPSA) is 97.4 Å². The van der Waals surface area contributed by atoms with Gasteiger partial charge in [-0.1, -0.05) is 0 Å². The second-order valence-electron chi connectivity index (χ2n) is 7.82. The number of hydrogen-bond donors (Lipinski definition) is 1. The minimum absolute atomic E-state index is 0.1000. The lowest BCUT2D eigenvalue weighted by atomic mass is 10.3. The molecule has 0 bridgehead atoms. The van der Waals surface area contributed by atoms with Gasteiger partial charge in [-0.3, -0.25) is 14.0 Å². The molecule has 1 aliphatic rings. The van der Waals surface area contributed by atoms with E-state index in [1.54, 1.807) is 36.4 Å². The van der Waals surface area contributed by atoms with Crippen molar-refractivity contribution in [3.05, 3.63) is 48.5 Å². The highest BCUT2D eigenvalue weighted by Crippen LogP contribution is 2.25. The Labute approximate surface area is 201 Å². The largest absolute Gasteiger partial charge is 0.494 e. The van der Waals surface area contributed by atoms with Crippen LogP contribution in [0, 0.1) is 0 Å². The van der Waals surface area contributed by atoms with Gasteiger partial charge in [0.1, 0.15) is 11.5 Å². The van der Waals surface area contributed by atoms with Crippen molar-refractivity contribution in [3.63, 3.8) is 0 Å². The molecule has 0 unspecified atom stereocenters. The zero-order chi connectivity index (χ0) is 24.4. The van der Waals surface area contributed by atoms with Crippen molar-refractivity contribution in [1.29, 1.82) is 0 Å². The summed E-state index contributed by atoms with van der Waals surface area (Å²) in [5.74, 6) is 0.909. The highest BCUT2D eigenvalue weighted by atomic mass is 32.2. The summed E-state index contributed by atoms with van der Waals surface area (Å²) in [6.45, 7) is 7.20. The number of anilines is 1. The van der Waals surface area contributed by atoms with Crippen LogP contribution in [0.3, 0.4) is 0 Å². The third-order valence-electron chi connectivity index (χ3n) is 5.44. The van der Waals surface area contributed by atoms with Gasteiger partial charge < -0.3 is 19.5 Å². The summed E-state index contributed by atoms with van der Waals surface area (Å²) in [5.41, 5.74) is 0.480. The lowest BCUT2D eigenvalue weighted by Gasteiger charge is -2.26. The minimum atomic E-state index is -3.72. The van der Waals surface area contributed by atoms with Crippen LogP contribution in [0.2, 0.25) is 0 Å². The Hall–Kier alpha value is -2.82. The van der Waals surface area contributed by atoms with Crippen LogP contribution in [0.15, 0.2) is 53.4 Å². The van der Waals surface area contributed by atoms with Gasteiger partial charge in [0.15, 0.2) is 6.61 Å². The molecule has 1 N–H and O–H groups in total. The van der Waals surface area contributed by atoms with Crippen LogP contribution in [0.4, 0.5) is 5.69 Å². The van der Waals surface area contributed by atoms with E-state index in [4.69, 9.17) is 14.2 Å². The number of amides is 1. The second kappa shape index (κ2) is 12.6. The van der Waals surface area contributed by atoms with Gasteiger partial charge in [-0.15, -0.1) is 0 Å². The van der Waals surface area contributed by atoms with Crippen molar-refractivity contribution < 1.29 is 27.4 Å². The first-order valence-electron chi connectivity index (χ1n) is 11.4. The van der Waals surface area contributed by atoms with Gasteiger partial charge in [-0.2, -0.15) is 0 Å². The Kier molecular flexibility index (Phi) is 9.55. The molecule has 34 heavy (non-hydrogen) atoms. The van der Waals surface area contributed by atoms with Crippen molar-refractivity contribution >= 4 is 21.6 Å². The minimum Gasteiger partial charge on any atom is -0.494 e. The predicted octanol–water partition coefficient (Wildman–Crippen LogP) is 2.13. The fourth-order valence-electron chi connectivity index (χ4n) is 3.48. The molecule has 1 heterocycles. The second-order valence-corrected chi connectivity index (χ2v) is 9.79. The third kappa shape index (κ3) is 7.34. The summed E-state index contributed by atoms with van der Waals surface area (Å²) in [6, 6.07) is 12.9. The first-order chi connectivity index (χ1) is 16.4. The van der Waals surface area contributed by atoms with Crippen LogP contribution in [-0.2, 0) is 19.6 Å².